The van der Waals surface area contributed by atoms with Gasteiger partial charge in [-0.25, -0.2) is 4.98 Å². The van der Waals surface area contributed by atoms with E-state index in [1.807, 2.05) is 43.3 Å². The molecule has 2 aromatic heterocycles. The zero-order valence-electron chi connectivity index (χ0n) is 19.3. The summed E-state index contributed by atoms with van der Waals surface area (Å²) in [6, 6.07) is 13.1. The second kappa shape index (κ2) is 9.93. The van der Waals surface area contributed by atoms with E-state index < -0.39 is 6.10 Å². The Morgan fingerprint density at radius 1 is 1.20 bits per heavy atom. The van der Waals surface area contributed by atoms with E-state index in [1.165, 1.54) is 16.2 Å². The standard InChI is InChI=1S/C26H26N4O3S2/c1-16-8-7-13-29-23(16)28-22(27-15-20(31)17-9-3-2-4-10-17)19(24(29)32)14-21-25(33)30(26(34)35-21)18-11-5-6-12-18/h2-4,7-10,13-14,18,20,27,31H,5-6,11-12,15H2,1H3/b21-14-/t20-/m1/s1. The highest BCUT2D eigenvalue weighted by Crippen LogP contribution is 2.38. The van der Waals surface area contributed by atoms with Gasteiger partial charge in [-0.1, -0.05) is 73.2 Å². The molecule has 1 saturated heterocycles. The molecule has 7 nitrogen and oxygen atoms in total. The number of aromatic nitrogens is 2. The van der Waals surface area contributed by atoms with Crippen molar-refractivity contribution in [2.45, 2.75) is 44.8 Å². The van der Waals surface area contributed by atoms with E-state index in [0.29, 0.717) is 20.7 Å². The fourth-order valence-electron chi connectivity index (χ4n) is 4.65. The van der Waals surface area contributed by atoms with E-state index in [1.54, 1.807) is 23.2 Å². The molecule has 2 aliphatic rings. The smallest absolute Gasteiger partial charge is 0.267 e. The first kappa shape index (κ1) is 23.7. The number of fused-ring (bicyclic) bond motifs is 1. The summed E-state index contributed by atoms with van der Waals surface area (Å²) in [7, 11) is 0. The van der Waals surface area contributed by atoms with Crippen LogP contribution in [-0.4, -0.2) is 42.2 Å². The number of rotatable bonds is 6. The van der Waals surface area contributed by atoms with Crippen molar-refractivity contribution in [3.8, 4) is 0 Å². The number of nitrogens with one attached hydrogen (secondary N) is 1. The summed E-state index contributed by atoms with van der Waals surface area (Å²) in [6.07, 6.45) is 6.55. The number of carbonyl (C=O) groups is 1. The monoisotopic (exact) mass is 506 g/mol. The van der Waals surface area contributed by atoms with Crippen molar-refractivity contribution in [3.05, 3.63) is 80.6 Å². The van der Waals surface area contributed by atoms with Crippen molar-refractivity contribution >= 4 is 51.7 Å². The summed E-state index contributed by atoms with van der Waals surface area (Å²) in [5, 5.41) is 13.8. The number of hydrogen-bond acceptors (Lipinski definition) is 7. The van der Waals surface area contributed by atoms with Gasteiger partial charge < -0.3 is 10.4 Å². The van der Waals surface area contributed by atoms with Gasteiger partial charge in [-0.15, -0.1) is 0 Å². The van der Waals surface area contributed by atoms with Crippen LogP contribution in [0.15, 0.2) is 58.4 Å². The number of amides is 1. The highest BCUT2D eigenvalue weighted by Gasteiger charge is 2.38. The van der Waals surface area contributed by atoms with E-state index in [0.717, 1.165) is 36.8 Å². The van der Waals surface area contributed by atoms with Crippen LogP contribution in [0.25, 0.3) is 11.7 Å². The maximum Gasteiger partial charge on any atom is 0.267 e. The van der Waals surface area contributed by atoms with Gasteiger partial charge in [0.25, 0.3) is 11.5 Å². The van der Waals surface area contributed by atoms with Crippen LogP contribution in [-0.2, 0) is 4.79 Å². The summed E-state index contributed by atoms with van der Waals surface area (Å²) in [5.41, 5.74) is 2.09. The summed E-state index contributed by atoms with van der Waals surface area (Å²) in [4.78, 5) is 33.6. The quantitative estimate of drug-likeness (QED) is 0.381. The molecule has 1 amide bonds. The third-order valence-corrected chi connectivity index (χ3v) is 7.85. The minimum atomic E-state index is -0.790. The van der Waals surface area contributed by atoms with Gasteiger partial charge in [-0.2, -0.15) is 0 Å². The Hall–Kier alpha value is -3.01. The van der Waals surface area contributed by atoms with Crippen molar-refractivity contribution in [2.24, 2.45) is 0 Å². The Morgan fingerprint density at radius 2 is 1.94 bits per heavy atom. The molecule has 0 unspecified atom stereocenters. The lowest BCUT2D eigenvalue weighted by Gasteiger charge is -2.21. The molecule has 0 bridgehead atoms. The molecule has 1 aromatic carbocycles. The van der Waals surface area contributed by atoms with Gasteiger partial charge in [-0.3, -0.25) is 18.9 Å². The highest BCUT2D eigenvalue weighted by molar-refractivity contribution is 8.26. The Labute approximate surface area is 212 Å². The summed E-state index contributed by atoms with van der Waals surface area (Å²) in [5.74, 6) is 0.168. The van der Waals surface area contributed by atoms with Crippen molar-refractivity contribution in [3.63, 3.8) is 0 Å². The van der Waals surface area contributed by atoms with Crippen LogP contribution in [0.1, 0.15) is 48.5 Å². The van der Waals surface area contributed by atoms with E-state index in [-0.39, 0.29) is 29.6 Å². The van der Waals surface area contributed by atoms with Crippen LogP contribution in [0.4, 0.5) is 5.82 Å². The lowest BCUT2D eigenvalue weighted by Crippen LogP contribution is -2.36. The van der Waals surface area contributed by atoms with Crippen molar-refractivity contribution in [1.82, 2.24) is 14.3 Å². The molecule has 2 fully saturated rings. The summed E-state index contributed by atoms with van der Waals surface area (Å²) in [6.45, 7) is 2.04. The number of thiocarbonyl (C=S) groups is 1. The highest BCUT2D eigenvalue weighted by atomic mass is 32.2. The van der Waals surface area contributed by atoms with Gasteiger partial charge in [0.15, 0.2) is 0 Å². The van der Waals surface area contributed by atoms with Gasteiger partial charge in [-0.05, 0) is 43.0 Å². The molecule has 1 aliphatic heterocycles. The molecule has 9 heteroatoms. The average Bonchev–Trinajstić information content (AvgIpc) is 3.48. The minimum absolute atomic E-state index is 0.130. The molecule has 35 heavy (non-hydrogen) atoms. The van der Waals surface area contributed by atoms with E-state index in [2.05, 4.69) is 5.32 Å². The van der Waals surface area contributed by atoms with Crippen LogP contribution < -0.4 is 10.9 Å². The average molecular weight is 507 g/mol. The first-order valence-corrected chi connectivity index (χ1v) is 12.9. The maximum absolute atomic E-state index is 13.5. The number of pyridine rings is 1. The molecule has 3 aromatic rings. The number of aliphatic hydroxyl groups is 1. The number of benzene rings is 1. The van der Waals surface area contributed by atoms with E-state index in [9.17, 15) is 14.7 Å². The van der Waals surface area contributed by atoms with Crippen LogP contribution >= 0.6 is 24.0 Å². The number of thioether (sulfide) groups is 1. The zero-order valence-corrected chi connectivity index (χ0v) is 20.9. The Morgan fingerprint density at radius 3 is 2.69 bits per heavy atom. The molecule has 0 radical (unpaired) electrons. The minimum Gasteiger partial charge on any atom is -0.387 e. The summed E-state index contributed by atoms with van der Waals surface area (Å²) < 4.78 is 2.02. The number of nitrogens with zero attached hydrogens (tertiary/aromatic N) is 3. The van der Waals surface area contributed by atoms with E-state index >= 15 is 0 Å². The number of aliphatic hydroxyl groups excluding tert-OH is 1. The van der Waals surface area contributed by atoms with Gasteiger partial charge in [0.1, 0.15) is 15.8 Å². The van der Waals surface area contributed by atoms with Crippen LogP contribution in [0.5, 0.6) is 0 Å². The predicted molar refractivity (Wildman–Crippen MR) is 143 cm³/mol. The molecule has 2 N–H and O–H groups in total. The fraction of sp³-hybridized carbons (Fsp3) is 0.308. The lowest BCUT2D eigenvalue weighted by atomic mass is 10.1. The number of aryl methyl sites for hydroxylation is 1. The van der Waals surface area contributed by atoms with Crippen molar-refractivity contribution in [1.29, 1.82) is 0 Å². The zero-order chi connectivity index (χ0) is 24.5. The second-order valence-corrected chi connectivity index (χ2v) is 10.5. The third-order valence-electron chi connectivity index (χ3n) is 6.52. The SMILES string of the molecule is Cc1cccn2c(=O)c(/C=C3\SC(=S)N(C4CCCC4)C3=O)c(NC[C@@H](O)c3ccccc3)nc12. The van der Waals surface area contributed by atoms with Gasteiger partial charge in [0, 0.05) is 18.8 Å². The molecular weight excluding hydrogens is 480 g/mol. The lowest BCUT2D eigenvalue weighted by molar-refractivity contribution is -0.123. The number of anilines is 1. The molecule has 5 rings (SSSR count). The molecular formula is C26H26N4O3S2. The number of carbonyl (C=O) groups excluding carboxylic acids is 1. The second-order valence-electron chi connectivity index (χ2n) is 8.86. The van der Waals surface area contributed by atoms with Gasteiger partial charge in [0.2, 0.25) is 0 Å². The molecule has 180 valence electrons. The topological polar surface area (TPSA) is 86.9 Å². The first-order chi connectivity index (χ1) is 16.9. The van der Waals surface area contributed by atoms with Crippen molar-refractivity contribution < 1.29 is 9.90 Å². The third kappa shape index (κ3) is 4.63. The Bertz CT molecular complexity index is 1380. The largest absolute Gasteiger partial charge is 0.387 e. The predicted octanol–water partition coefficient (Wildman–Crippen LogP) is 4.29. The van der Waals surface area contributed by atoms with Crippen LogP contribution in [0, 0.1) is 6.92 Å². The van der Waals surface area contributed by atoms with E-state index in [4.69, 9.17) is 17.2 Å². The van der Waals surface area contributed by atoms with Gasteiger partial charge >= 0.3 is 0 Å². The van der Waals surface area contributed by atoms with Crippen molar-refractivity contribution in [2.75, 3.05) is 11.9 Å². The van der Waals surface area contributed by atoms with Crippen LogP contribution in [0.2, 0.25) is 0 Å². The number of hydrogen-bond donors (Lipinski definition) is 2. The van der Waals surface area contributed by atoms with Crippen LogP contribution in [0.3, 0.4) is 0 Å². The Balaban J connectivity index is 1.53. The molecule has 3 heterocycles. The molecule has 1 atom stereocenters. The van der Waals surface area contributed by atoms with Gasteiger partial charge in [0.05, 0.1) is 16.6 Å². The first-order valence-electron chi connectivity index (χ1n) is 11.7. The fourth-order valence-corrected chi connectivity index (χ4v) is 6.03. The Kier molecular flexibility index (Phi) is 6.73. The molecule has 1 aliphatic carbocycles. The maximum atomic E-state index is 13.5. The molecule has 1 saturated carbocycles. The summed E-state index contributed by atoms with van der Waals surface area (Å²) >= 11 is 6.75. The molecule has 0 spiro atoms. The normalized spacial score (nSPS) is 18.7.